The van der Waals surface area contributed by atoms with E-state index in [0.717, 1.165) is 19.3 Å². The highest BCUT2D eigenvalue weighted by Gasteiger charge is 2.22. The van der Waals surface area contributed by atoms with Crippen LogP contribution in [0.15, 0.2) is 12.7 Å². The van der Waals surface area contributed by atoms with Crippen LogP contribution in [-0.2, 0) is 14.3 Å². The van der Waals surface area contributed by atoms with Gasteiger partial charge in [0.1, 0.15) is 6.04 Å². The molecule has 0 aliphatic carbocycles. The van der Waals surface area contributed by atoms with Crippen molar-refractivity contribution in [3.63, 3.8) is 0 Å². The smallest absolute Gasteiger partial charge is 0.328 e. The normalized spacial score (nSPS) is 13.6. The first-order valence-electron chi connectivity index (χ1n) is 6.05. The van der Waals surface area contributed by atoms with Gasteiger partial charge in [0.2, 0.25) is 5.91 Å². The molecule has 0 aliphatic heterocycles. The molecule has 0 spiro atoms. The Morgan fingerprint density at radius 3 is 2.59 bits per heavy atom. The van der Waals surface area contributed by atoms with Gasteiger partial charge in [-0.15, -0.1) is 6.58 Å². The highest BCUT2D eigenvalue weighted by Crippen LogP contribution is 2.08. The van der Waals surface area contributed by atoms with Gasteiger partial charge >= 0.3 is 5.97 Å². The van der Waals surface area contributed by atoms with Crippen molar-refractivity contribution in [2.75, 3.05) is 7.11 Å². The molecule has 0 aliphatic rings. The van der Waals surface area contributed by atoms with E-state index in [1.54, 1.807) is 6.08 Å². The summed E-state index contributed by atoms with van der Waals surface area (Å²) in [5, 5.41) is 2.69. The number of hydrogen-bond acceptors (Lipinski definition) is 3. The standard InChI is InChI=1S/C13H23NO3/c1-5-7-9-10(3)12(15)14-11(8-6-2)13(16)17-4/h6,10-11H,2,5,7-9H2,1,3-4H3,(H,14,15)/t10-,11?/m0/s1. The molecular weight excluding hydrogens is 218 g/mol. The van der Waals surface area contributed by atoms with Crippen LogP contribution >= 0.6 is 0 Å². The Bertz CT molecular complexity index is 263. The molecule has 1 amide bonds. The summed E-state index contributed by atoms with van der Waals surface area (Å²) >= 11 is 0. The molecule has 0 saturated carbocycles. The van der Waals surface area contributed by atoms with Crippen LogP contribution in [0.1, 0.15) is 39.5 Å². The van der Waals surface area contributed by atoms with Crippen molar-refractivity contribution in [1.82, 2.24) is 5.32 Å². The van der Waals surface area contributed by atoms with Crippen LogP contribution in [-0.4, -0.2) is 25.0 Å². The molecule has 17 heavy (non-hydrogen) atoms. The number of amides is 1. The maximum absolute atomic E-state index is 11.8. The minimum Gasteiger partial charge on any atom is -0.467 e. The number of methoxy groups -OCH3 is 1. The van der Waals surface area contributed by atoms with E-state index >= 15 is 0 Å². The predicted octanol–water partition coefficient (Wildman–Crippen LogP) is 2.05. The summed E-state index contributed by atoms with van der Waals surface area (Å²) in [5.74, 6) is -0.608. The van der Waals surface area contributed by atoms with Crippen molar-refractivity contribution < 1.29 is 14.3 Å². The number of nitrogens with one attached hydrogen (secondary N) is 1. The lowest BCUT2D eigenvalue weighted by molar-refractivity contribution is -0.145. The van der Waals surface area contributed by atoms with E-state index < -0.39 is 12.0 Å². The molecule has 0 bridgehead atoms. The maximum Gasteiger partial charge on any atom is 0.328 e. The summed E-state index contributed by atoms with van der Waals surface area (Å²) in [6.45, 7) is 7.51. The molecule has 0 aromatic rings. The lowest BCUT2D eigenvalue weighted by Gasteiger charge is -2.17. The number of rotatable bonds is 8. The molecule has 4 heteroatoms. The Balaban J connectivity index is 4.28. The first-order valence-corrected chi connectivity index (χ1v) is 6.05. The summed E-state index contributed by atoms with van der Waals surface area (Å²) < 4.78 is 4.63. The van der Waals surface area contributed by atoms with Crippen molar-refractivity contribution in [3.8, 4) is 0 Å². The van der Waals surface area contributed by atoms with E-state index in [1.807, 2.05) is 6.92 Å². The van der Waals surface area contributed by atoms with E-state index in [0.29, 0.717) is 6.42 Å². The van der Waals surface area contributed by atoms with Gasteiger partial charge in [0.05, 0.1) is 7.11 Å². The zero-order valence-corrected chi connectivity index (χ0v) is 11.0. The highest BCUT2D eigenvalue weighted by atomic mass is 16.5. The number of ether oxygens (including phenoxy) is 1. The van der Waals surface area contributed by atoms with Gasteiger partial charge in [-0.05, 0) is 12.8 Å². The average molecular weight is 241 g/mol. The molecule has 0 aromatic heterocycles. The van der Waals surface area contributed by atoms with Crippen LogP contribution in [0.3, 0.4) is 0 Å². The zero-order valence-electron chi connectivity index (χ0n) is 11.0. The quantitative estimate of drug-likeness (QED) is 0.522. The fraction of sp³-hybridized carbons (Fsp3) is 0.692. The van der Waals surface area contributed by atoms with E-state index in [9.17, 15) is 9.59 Å². The molecule has 0 heterocycles. The van der Waals surface area contributed by atoms with E-state index in [-0.39, 0.29) is 11.8 Å². The van der Waals surface area contributed by atoms with Crippen molar-refractivity contribution in [3.05, 3.63) is 12.7 Å². The van der Waals surface area contributed by atoms with E-state index in [1.165, 1.54) is 7.11 Å². The molecule has 0 fully saturated rings. The third kappa shape index (κ3) is 6.09. The Morgan fingerprint density at radius 1 is 1.47 bits per heavy atom. The monoisotopic (exact) mass is 241 g/mol. The second-order valence-electron chi connectivity index (χ2n) is 4.15. The van der Waals surface area contributed by atoms with E-state index in [4.69, 9.17) is 0 Å². The number of unbranched alkanes of at least 4 members (excludes halogenated alkanes) is 1. The van der Waals surface area contributed by atoms with Gasteiger partial charge in [0.15, 0.2) is 0 Å². The third-order valence-electron chi connectivity index (χ3n) is 2.64. The number of esters is 1. The van der Waals surface area contributed by atoms with Gasteiger partial charge in [-0.1, -0.05) is 32.8 Å². The van der Waals surface area contributed by atoms with E-state index in [2.05, 4.69) is 23.6 Å². The second-order valence-corrected chi connectivity index (χ2v) is 4.15. The van der Waals surface area contributed by atoms with Crippen LogP contribution < -0.4 is 5.32 Å². The Morgan fingerprint density at radius 2 is 2.12 bits per heavy atom. The summed E-state index contributed by atoms with van der Waals surface area (Å²) in [7, 11) is 1.31. The van der Waals surface area contributed by atoms with Gasteiger partial charge in [-0.25, -0.2) is 4.79 Å². The molecule has 1 N–H and O–H groups in total. The largest absolute Gasteiger partial charge is 0.467 e. The fourth-order valence-corrected chi connectivity index (χ4v) is 1.48. The molecule has 2 atom stereocenters. The Hall–Kier alpha value is -1.32. The maximum atomic E-state index is 11.8. The van der Waals surface area contributed by atoms with Crippen LogP contribution in [0, 0.1) is 5.92 Å². The first-order chi connectivity index (χ1) is 8.06. The van der Waals surface area contributed by atoms with Crippen molar-refractivity contribution in [2.24, 2.45) is 5.92 Å². The molecule has 0 aromatic carbocycles. The third-order valence-corrected chi connectivity index (χ3v) is 2.64. The summed E-state index contributed by atoms with van der Waals surface area (Å²) in [6.07, 6.45) is 4.89. The molecule has 98 valence electrons. The molecule has 0 radical (unpaired) electrons. The predicted molar refractivity (Wildman–Crippen MR) is 67.4 cm³/mol. The highest BCUT2D eigenvalue weighted by molar-refractivity contribution is 5.85. The average Bonchev–Trinajstić information content (AvgIpc) is 2.34. The zero-order chi connectivity index (χ0) is 13.3. The Kier molecular flexibility index (Phi) is 8.11. The van der Waals surface area contributed by atoms with Crippen LogP contribution in [0.25, 0.3) is 0 Å². The summed E-state index contributed by atoms with van der Waals surface area (Å²) in [6, 6.07) is -0.617. The first kappa shape index (κ1) is 15.7. The Labute approximate surface area is 103 Å². The van der Waals surface area contributed by atoms with Crippen LogP contribution in [0.4, 0.5) is 0 Å². The van der Waals surface area contributed by atoms with Gasteiger partial charge in [-0.2, -0.15) is 0 Å². The molecule has 1 unspecified atom stereocenters. The van der Waals surface area contributed by atoms with Gasteiger partial charge in [-0.3, -0.25) is 4.79 Å². The lowest BCUT2D eigenvalue weighted by Crippen LogP contribution is -2.43. The molecular formula is C13H23NO3. The molecule has 0 saturated heterocycles. The fourth-order valence-electron chi connectivity index (χ4n) is 1.48. The van der Waals surface area contributed by atoms with Crippen molar-refractivity contribution in [1.29, 1.82) is 0 Å². The van der Waals surface area contributed by atoms with Crippen LogP contribution in [0.5, 0.6) is 0 Å². The van der Waals surface area contributed by atoms with Crippen molar-refractivity contribution >= 4 is 11.9 Å². The number of carbonyl (C=O) groups excluding carboxylic acids is 2. The molecule has 0 rings (SSSR count). The van der Waals surface area contributed by atoms with Gasteiger partial charge in [0, 0.05) is 5.92 Å². The minimum absolute atomic E-state index is 0.0769. The SMILES string of the molecule is C=CCC(NC(=O)[C@@H](C)CCCC)C(=O)OC. The summed E-state index contributed by atoms with van der Waals surface area (Å²) in [5.41, 5.74) is 0. The van der Waals surface area contributed by atoms with Crippen LogP contribution in [0.2, 0.25) is 0 Å². The van der Waals surface area contributed by atoms with Crippen molar-refractivity contribution in [2.45, 2.75) is 45.6 Å². The lowest BCUT2D eigenvalue weighted by atomic mass is 10.0. The molecule has 4 nitrogen and oxygen atoms in total. The summed E-state index contributed by atoms with van der Waals surface area (Å²) in [4.78, 5) is 23.2. The number of hydrogen-bond donors (Lipinski definition) is 1. The van der Waals surface area contributed by atoms with Gasteiger partial charge in [0.25, 0.3) is 0 Å². The van der Waals surface area contributed by atoms with Gasteiger partial charge < -0.3 is 10.1 Å². The number of carbonyl (C=O) groups is 2. The minimum atomic E-state index is -0.617. The second kappa shape index (κ2) is 8.79. The topological polar surface area (TPSA) is 55.4 Å².